The zero-order valence-corrected chi connectivity index (χ0v) is 23.6. The molecule has 0 unspecified atom stereocenters. The number of anilines is 2. The summed E-state index contributed by atoms with van der Waals surface area (Å²) in [5.74, 6) is 1.84. The van der Waals surface area contributed by atoms with Gasteiger partial charge >= 0.3 is 0 Å². The Kier molecular flexibility index (Phi) is 7.28. The molecule has 0 aromatic heterocycles. The third-order valence-electron chi connectivity index (χ3n) is 7.56. The molecule has 6 nitrogen and oxygen atoms in total. The van der Waals surface area contributed by atoms with Crippen LogP contribution in [-0.2, 0) is 35.8 Å². The van der Waals surface area contributed by atoms with Crippen LogP contribution in [0.2, 0.25) is 0 Å². The minimum Gasteiger partial charge on any atom is -0.472 e. The van der Waals surface area contributed by atoms with Crippen molar-refractivity contribution in [3.8, 4) is 11.5 Å². The largest absolute Gasteiger partial charge is 0.472 e. The Labute approximate surface area is 241 Å². The van der Waals surface area contributed by atoms with Gasteiger partial charge in [0.25, 0.3) is 0 Å². The molecule has 41 heavy (non-hydrogen) atoms. The van der Waals surface area contributed by atoms with Crippen LogP contribution in [0.1, 0.15) is 22.3 Å². The fraction of sp³-hybridized carbons (Fsp3) is 0.176. The van der Waals surface area contributed by atoms with E-state index in [2.05, 4.69) is 47.2 Å². The molecule has 0 amide bonds. The molecule has 2 heterocycles. The highest BCUT2D eigenvalue weighted by molar-refractivity contribution is 7.91. The molecule has 0 fully saturated rings. The molecule has 0 saturated carbocycles. The van der Waals surface area contributed by atoms with Crippen molar-refractivity contribution in [1.82, 2.24) is 0 Å². The number of allylic oxidation sites excluding steroid dienone is 2. The highest BCUT2D eigenvalue weighted by Crippen LogP contribution is 2.34. The van der Waals surface area contributed by atoms with E-state index in [9.17, 15) is 8.42 Å². The number of hydrogen-bond acceptors (Lipinski definition) is 6. The predicted octanol–water partition coefficient (Wildman–Crippen LogP) is 6.69. The molecule has 2 aliphatic heterocycles. The van der Waals surface area contributed by atoms with E-state index >= 15 is 0 Å². The summed E-state index contributed by atoms with van der Waals surface area (Å²) in [5, 5.41) is 0. The van der Waals surface area contributed by atoms with Crippen molar-refractivity contribution in [2.45, 2.75) is 35.7 Å². The highest BCUT2D eigenvalue weighted by Gasteiger charge is 2.23. The van der Waals surface area contributed by atoms with Crippen LogP contribution in [0, 0.1) is 0 Å². The third-order valence-corrected chi connectivity index (χ3v) is 9.35. The number of benzene rings is 4. The van der Waals surface area contributed by atoms with Gasteiger partial charge in [0.2, 0.25) is 9.84 Å². The second kappa shape index (κ2) is 11.2. The number of rotatable bonds is 8. The van der Waals surface area contributed by atoms with Gasteiger partial charge < -0.3 is 19.3 Å². The number of para-hydroxylation sites is 2. The van der Waals surface area contributed by atoms with E-state index in [-0.39, 0.29) is 9.79 Å². The lowest BCUT2D eigenvalue weighted by Crippen LogP contribution is -2.32. The molecule has 0 atom stereocenters. The summed E-state index contributed by atoms with van der Waals surface area (Å²) in [6, 6.07) is 26.3. The van der Waals surface area contributed by atoms with Crippen molar-refractivity contribution >= 4 is 21.2 Å². The fourth-order valence-electron chi connectivity index (χ4n) is 5.46. The maximum absolute atomic E-state index is 13.4. The summed E-state index contributed by atoms with van der Waals surface area (Å²) in [7, 11) is -3.67. The van der Waals surface area contributed by atoms with Gasteiger partial charge in [0.15, 0.2) is 13.5 Å². The summed E-state index contributed by atoms with van der Waals surface area (Å²) in [4.78, 5) is 4.69. The predicted molar refractivity (Wildman–Crippen MR) is 162 cm³/mol. The van der Waals surface area contributed by atoms with Gasteiger partial charge in [-0.2, -0.15) is 0 Å². The second-order valence-electron chi connectivity index (χ2n) is 10.2. The van der Waals surface area contributed by atoms with Gasteiger partial charge in [-0.3, -0.25) is 0 Å². The maximum Gasteiger partial charge on any atom is 0.206 e. The van der Waals surface area contributed by atoms with Gasteiger partial charge in [0.05, 0.1) is 9.79 Å². The Balaban J connectivity index is 1.16. The van der Waals surface area contributed by atoms with E-state index in [0.29, 0.717) is 26.6 Å². The summed E-state index contributed by atoms with van der Waals surface area (Å²) in [6.07, 6.45) is 5.26. The van der Waals surface area contributed by atoms with Crippen molar-refractivity contribution in [2.24, 2.45) is 0 Å². The van der Waals surface area contributed by atoms with Gasteiger partial charge in [0.1, 0.15) is 11.5 Å². The van der Waals surface area contributed by atoms with Gasteiger partial charge in [-0.05, 0) is 72.5 Å². The molecule has 2 aliphatic rings. The van der Waals surface area contributed by atoms with E-state index in [1.165, 1.54) is 0 Å². The van der Waals surface area contributed by atoms with Crippen LogP contribution >= 0.6 is 0 Å². The zero-order valence-electron chi connectivity index (χ0n) is 22.8. The van der Waals surface area contributed by atoms with Crippen LogP contribution in [0.4, 0.5) is 11.4 Å². The molecule has 0 N–H and O–H groups in total. The van der Waals surface area contributed by atoms with E-state index in [0.717, 1.165) is 58.0 Å². The SMILES string of the molecule is C=CCc1cccc2c1OCN(c1ccc(S(=O)(=O)c3ccc(N4COc5c(CC=C)cccc5C4)cc3)cc1)C2. The van der Waals surface area contributed by atoms with Crippen LogP contribution < -0.4 is 19.3 Å². The van der Waals surface area contributed by atoms with Crippen LogP contribution in [-0.4, -0.2) is 21.9 Å². The average molecular weight is 565 g/mol. The molecule has 7 heteroatoms. The zero-order chi connectivity index (χ0) is 28.4. The number of ether oxygens (including phenoxy) is 2. The number of fused-ring (bicyclic) bond motifs is 2. The van der Waals surface area contributed by atoms with Gasteiger partial charge in [-0.1, -0.05) is 48.6 Å². The molecule has 4 aromatic carbocycles. The van der Waals surface area contributed by atoms with Crippen LogP contribution in [0.3, 0.4) is 0 Å². The lowest BCUT2D eigenvalue weighted by Gasteiger charge is -2.32. The Morgan fingerprint density at radius 3 is 1.44 bits per heavy atom. The Bertz CT molecular complexity index is 1580. The molecular formula is C34H32N2O4S. The first kappa shape index (κ1) is 26.7. The quantitative estimate of drug-likeness (QED) is 0.222. The third kappa shape index (κ3) is 5.21. The first-order chi connectivity index (χ1) is 20.0. The summed E-state index contributed by atoms with van der Waals surface area (Å²) < 4.78 is 39.0. The standard InChI is InChI=1S/C34H32N2O4S/c1-3-7-25-9-5-11-27-21-35(23-39-33(25)27)29-13-17-31(18-14-29)41(37,38)32-19-15-30(16-20-32)36-22-28-12-6-10-26(8-4-2)34(28)40-24-36/h3-6,9-20H,1-2,7-8,21-24H2. The molecule has 0 saturated heterocycles. The van der Waals surface area contributed by atoms with Crippen LogP contribution in [0.15, 0.2) is 120 Å². The molecular weight excluding hydrogens is 532 g/mol. The van der Waals surface area contributed by atoms with Gasteiger partial charge in [-0.25, -0.2) is 8.42 Å². The monoisotopic (exact) mass is 564 g/mol. The highest BCUT2D eigenvalue weighted by atomic mass is 32.2. The Morgan fingerprint density at radius 2 is 1.05 bits per heavy atom. The first-order valence-electron chi connectivity index (χ1n) is 13.6. The fourth-order valence-corrected chi connectivity index (χ4v) is 6.72. The van der Waals surface area contributed by atoms with Crippen molar-refractivity contribution in [2.75, 3.05) is 23.3 Å². The minimum atomic E-state index is -3.67. The van der Waals surface area contributed by atoms with Crippen molar-refractivity contribution in [3.63, 3.8) is 0 Å². The second-order valence-corrected chi connectivity index (χ2v) is 12.2. The van der Waals surface area contributed by atoms with Crippen LogP contribution in [0.5, 0.6) is 11.5 Å². The first-order valence-corrected chi connectivity index (χ1v) is 15.1. The van der Waals surface area contributed by atoms with Crippen molar-refractivity contribution in [3.05, 3.63) is 132 Å². The summed E-state index contributed by atoms with van der Waals surface area (Å²) in [5.41, 5.74) is 6.26. The molecule has 0 spiro atoms. The topological polar surface area (TPSA) is 59.1 Å². The number of sulfone groups is 1. The molecule has 0 bridgehead atoms. The normalized spacial score (nSPS) is 14.3. The van der Waals surface area contributed by atoms with E-state index in [1.807, 2.05) is 48.6 Å². The van der Waals surface area contributed by atoms with Crippen molar-refractivity contribution < 1.29 is 17.9 Å². The minimum absolute atomic E-state index is 0.255. The number of nitrogens with zero attached hydrogens (tertiary/aromatic N) is 2. The maximum atomic E-state index is 13.4. The van der Waals surface area contributed by atoms with E-state index < -0.39 is 9.84 Å². The average Bonchev–Trinajstić information content (AvgIpc) is 3.01. The lowest BCUT2D eigenvalue weighted by molar-refractivity contribution is 0.286. The Morgan fingerprint density at radius 1 is 0.634 bits per heavy atom. The molecule has 4 aromatic rings. The smallest absolute Gasteiger partial charge is 0.206 e. The lowest BCUT2D eigenvalue weighted by atomic mass is 10.0. The molecule has 208 valence electrons. The molecule has 6 rings (SSSR count). The van der Waals surface area contributed by atoms with E-state index in [4.69, 9.17) is 9.47 Å². The van der Waals surface area contributed by atoms with Gasteiger partial charge in [-0.15, -0.1) is 13.2 Å². The molecule has 0 radical (unpaired) electrons. The Hall–Kier alpha value is -4.49. The summed E-state index contributed by atoms with van der Waals surface area (Å²) in [6.45, 7) is 9.84. The van der Waals surface area contributed by atoms with Crippen molar-refractivity contribution in [1.29, 1.82) is 0 Å². The summed E-state index contributed by atoms with van der Waals surface area (Å²) >= 11 is 0. The number of hydrogen-bond donors (Lipinski definition) is 0. The van der Waals surface area contributed by atoms with Crippen LogP contribution in [0.25, 0.3) is 0 Å². The van der Waals surface area contributed by atoms with E-state index in [1.54, 1.807) is 24.3 Å². The van der Waals surface area contributed by atoms with Gasteiger partial charge in [0, 0.05) is 35.6 Å². The molecule has 0 aliphatic carbocycles.